The van der Waals surface area contributed by atoms with E-state index < -0.39 is 10.0 Å². The Balaban J connectivity index is 1.86. The van der Waals surface area contributed by atoms with E-state index in [2.05, 4.69) is 19.1 Å². The van der Waals surface area contributed by atoms with Crippen molar-refractivity contribution in [3.05, 3.63) is 65.7 Å². The third-order valence-corrected chi connectivity index (χ3v) is 6.66. The van der Waals surface area contributed by atoms with Gasteiger partial charge in [-0.05, 0) is 43.9 Å². The van der Waals surface area contributed by atoms with Gasteiger partial charge in [-0.3, -0.25) is 0 Å². The Bertz CT molecular complexity index is 754. The Kier molecular flexibility index (Phi) is 4.55. The molecule has 0 bridgehead atoms. The molecule has 3 rings (SSSR count). The highest BCUT2D eigenvalue weighted by Gasteiger charge is 2.45. The van der Waals surface area contributed by atoms with Gasteiger partial charge in [0.25, 0.3) is 0 Å². The first-order valence-electron chi connectivity index (χ1n) is 8.16. The van der Waals surface area contributed by atoms with E-state index in [4.69, 9.17) is 0 Å². The molecule has 0 radical (unpaired) electrons. The van der Waals surface area contributed by atoms with Gasteiger partial charge in [0, 0.05) is 12.1 Å². The van der Waals surface area contributed by atoms with Gasteiger partial charge in [-0.2, -0.15) is 4.31 Å². The highest BCUT2D eigenvalue weighted by atomic mass is 32.2. The number of nitrogens with zero attached hydrogens (tertiary/aromatic N) is 1. The second-order valence-electron chi connectivity index (χ2n) is 6.29. The van der Waals surface area contributed by atoms with Gasteiger partial charge in [0.1, 0.15) is 0 Å². The molecule has 0 aliphatic carbocycles. The Labute approximate surface area is 139 Å². The summed E-state index contributed by atoms with van der Waals surface area (Å²) in [6, 6.07) is 17.5. The van der Waals surface area contributed by atoms with Crippen molar-refractivity contribution in [3.8, 4) is 0 Å². The number of hydrogen-bond donors (Lipinski definition) is 0. The van der Waals surface area contributed by atoms with Crippen LogP contribution in [0.25, 0.3) is 0 Å². The van der Waals surface area contributed by atoms with Crippen LogP contribution in [0.3, 0.4) is 0 Å². The minimum Gasteiger partial charge on any atom is -0.207 e. The van der Waals surface area contributed by atoms with E-state index in [9.17, 15) is 8.42 Å². The van der Waals surface area contributed by atoms with Crippen molar-refractivity contribution < 1.29 is 8.42 Å². The third-order valence-electron chi connectivity index (χ3n) is 4.65. The first-order valence-corrected chi connectivity index (χ1v) is 9.60. The maximum Gasteiger partial charge on any atom is 0.243 e. The fourth-order valence-electron chi connectivity index (χ4n) is 3.31. The molecule has 122 valence electrons. The van der Waals surface area contributed by atoms with Crippen LogP contribution >= 0.6 is 0 Å². The first kappa shape index (κ1) is 16.2. The molecule has 2 aromatic carbocycles. The number of hydrogen-bond acceptors (Lipinski definition) is 2. The van der Waals surface area contributed by atoms with Gasteiger partial charge in [0.15, 0.2) is 0 Å². The molecule has 0 N–H and O–H groups in total. The molecular formula is C19H23NO2S. The lowest BCUT2D eigenvalue weighted by molar-refractivity contribution is 0.107. The average Bonchev–Trinajstić information content (AvgIpc) is 2.52. The van der Waals surface area contributed by atoms with Crippen LogP contribution in [-0.4, -0.2) is 24.8 Å². The zero-order valence-corrected chi connectivity index (χ0v) is 14.5. The third kappa shape index (κ3) is 3.19. The number of benzene rings is 2. The Hall–Kier alpha value is -1.65. The summed E-state index contributed by atoms with van der Waals surface area (Å²) in [7, 11) is -3.42. The van der Waals surface area contributed by atoms with Crippen molar-refractivity contribution >= 4 is 10.0 Å². The van der Waals surface area contributed by atoms with Crippen LogP contribution in [0.4, 0.5) is 0 Å². The lowest BCUT2D eigenvalue weighted by Gasteiger charge is -2.47. The predicted molar refractivity (Wildman–Crippen MR) is 92.8 cm³/mol. The fraction of sp³-hybridized carbons (Fsp3) is 0.368. The molecule has 1 saturated heterocycles. The summed E-state index contributed by atoms with van der Waals surface area (Å²) in [4.78, 5) is 0.402. The molecule has 1 heterocycles. The molecule has 3 nitrogen and oxygen atoms in total. The number of sulfonamides is 1. The minimum atomic E-state index is -3.42. The summed E-state index contributed by atoms with van der Waals surface area (Å²) in [5, 5.41) is 0. The lowest BCUT2D eigenvalue weighted by atomic mass is 9.90. The molecule has 1 aliphatic rings. The summed E-state index contributed by atoms with van der Waals surface area (Å²) in [5.41, 5.74) is 2.26. The van der Waals surface area contributed by atoms with Crippen molar-refractivity contribution in [1.29, 1.82) is 0 Å². The average molecular weight is 329 g/mol. The van der Waals surface area contributed by atoms with Crippen molar-refractivity contribution in [2.45, 2.75) is 50.1 Å². The molecule has 0 aromatic heterocycles. The van der Waals surface area contributed by atoms with Gasteiger partial charge in [-0.1, -0.05) is 55.0 Å². The van der Waals surface area contributed by atoms with E-state index in [0.717, 1.165) is 24.8 Å². The van der Waals surface area contributed by atoms with Gasteiger partial charge in [-0.25, -0.2) is 8.42 Å². The fourth-order valence-corrected chi connectivity index (χ4v) is 5.22. The topological polar surface area (TPSA) is 37.4 Å². The lowest BCUT2D eigenvalue weighted by Crippen LogP contribution is -2.58. The van der Waals surface area contributed by atoms with Crippen molar-refractivity contribution in [2.24, 2.45) is 0 Å². The zero-order valence-electron chi connectivity index (χ0n) is 13.6. The van der Waals surface area contributed by atoms with E-state index in [1.807, 2.05) is 37.3 Å². The second-order valence-corrected chi connectivity index (χ2v) is 8.13. The standard InChI is InChI=1S/C19H23NO2S/c1-3-17-14-18(13-16-7-5-4-6-8-16)20(17)23(21,22)19-11-9-15(2)10-12-19/h4-12,17-18H,3,13-14H2,1-2H3/t17-,18-/m1/s1. The van der Waals surface area contributed by atoms with E-state index in [1.54, 1.807) is 16.4 Å². The molecule has 0 unspecified atom stereocenters. The molecule has 23 heavy (non-hydrogen) atoms. The molecule has 0 saturated carbocycles. The van der Waals surface area contributed by atoms with Crippen molar-refractivity contribution in [3.63, 3.8) is 0 Å². The van der Waals surface area contributed by atoms with Gasteiger partial charge in [-0.15, -0.1) is 0 Å². The summed E-state index contributed by atoms with van der Waals surface area (Å²) in [6.45, 7) is 4.02. The minimum absolute atomic E-state index is 0.0636. The summed E-state index contributed by atoms with van der Waals surface area (Å²) in [6.07, 6.45) is 2.58. The molecule has 2 aromatic rings. The summed E-state index contributed by atoms with van der Waals surface area (Å²) in [5.74, 6) is 0. The molecule has 1 aliphatic heterocycles. The zero-order chi connectivity index (χ0) is 16.4. The van der Waals surface area contributed by atoms with Crippen LogP contribution in [0.5, 0.6) is 0 Å². The Morgan fingerprint density at radius 1 is 1.00 bits per heavy atom. The SMILES string of the molecule is CC[C@@H]1C[C@@H](Cc2ccccc2)N1S(=O)(=O)c1ccc(C)cc1. The molecule has 2 atom stereocenters. The second kappa shape index (κ2) is 6.46. The van der Waals surface area contributed by atoms with Crippen LogP contribution in [0, 0.1) is 6.92 Å². The predicted octanol–water partition coefficient (Wildman–Crippen LogP) is 3.78. The number of aryl methyl sites for hydroxylation is 1. The number of rotatable bonds is 5. The highest BCUT2D eigenvalue weighted by Crippen LogP contribution is 2.36. The van der Waals surface area contributed by atoms with Gasteiger partial charge in [0.2, 0.25) is 10.0 Å². The monoisotopic (exact) mass is 329 g/mol. The quantitative estimate of drug-likeness (QED) is 0.837. The summed E-state index contributed by atoms with van der Waals surface area (Å²) < 4.78 is 27.8. The molecule has 0 amide bonds. The van der Waals surface area contributed by atoms with Gasteiger partial charge >= 0.3 is 0 Å². The maximum atomic E-state index is 13.0. The molecule has 0 spiro atoms. The van der Waals surface area contributed by atoms with Crippen LogP contribution in [0.1, 0.15) is 30.9 Å². The van der Waals surface area contributed by atoms with Gasteiger partial charge in [0.05, 0.1) is 4.90 Å². The highest BCUT2D eigenvalue weighted by molar-refractivity contribution is 7.89. The Morgan fingerprint density at radius 2 is 1.65 bits per heavy atom. The molecular weight excluding hydrogens is 306 g/mol. The van der Waals surface area contributed by atoms with Crippen LogP contribution < -0.4 is 0 Å². The largest absolute Gasteiger partial charge is 0.243 e. The van der Waals surface area contributed by atoms with Crippen molar-refractivity contribution in [2.75, 3.05) is 0 Å². The van der Waals surface area contributed by atoms with Crippen LogP contribution in [0.15, 0.2) is 59.5 Å². The first-order chi connectivity index (χ1) is 11.0. The maximum absolute atomic E-state index is 13.0. The van der Waals surface area contributed by atoms with E-state index in [1.165, 1.54) is 5.56 Å². The molecule has 1 fully saturated rings. The van der Waals surface area contributed by atoms with E-state index >= 15 is 0 Å². The molecule has 4 heteroatoms. The normalized spacial score (nSPS) is 21.8. The Morgan fingerprint density at radius 3 is 2.26 bits per heavy atom. The van der Waals surface area contributed by atoms with E-state index in [0.29, 0.717) is 4.90 Å². The summed E-state index contributed by atoms with van der Waals surface area (Å²) >= 11 is 0. The van der Waals surface area contributed by atoms with Crippen LogP contribution in [-0.2, 0) is 16.4 Å². The smallest absolute Gasteiger partial charge is 0.207 e. The van der Waals surface area contributed by atoms with E-state index in [-0.39, 0.29) is 12.1 Å². The van der Waals surface area contributed by atoms with Gasteiger partial charge < -0.3 is 0 Å². The van der Waals surface area contributed by atoms with Crippen LogP contribution in [0.2, 0.25) is 0 Å². The van der Waals surface area contributed by atoms with Crippen molar-refractivity contribution in [1.82, 2.24) is 4.31 Å².